The second-order valence-electron chi connectivity index (χ2n) is 4.83. The van der Waals surface area contributed by atoms with Crippen LogP contribution in [0.25, 0.3) is 0 Å². The molecule has 0 aromatic heterocycles. The molecule has 0 heterocycles. The number of carboxylic acid groups (broad SMARTS) is 6. The Morgan fingerprint density at radius 3 is 0.618 bits per heavy atom. The van der Waals surface area contributed by atoms with Crippen LogP contribution in [0.4, 0.5) is 0 Å². The van der Waals surface area contributed by atoms with Crippen LogP contribution in [0, 0.1) is 0 Å². The Morgan fingerprint density at radius 1 is 0.441 bits per heavy atom. The smallest absolute Gasteiger partial charge is 0.550 e. The predicted molar refractivity (Wildman–Crippen MR) is 93.7 cm³/mol. The summed E-state index contributed by atoms with van der Waals surface area (Å²) in [6.45, 7) is 0. The van der Waals surface area contributed by atoms with E-state index in [2.05, 4.69) is 0 Å². The van der Waals surface area contributed by atoms with Crippen LogP contribution in [0.5, 0.6) is 0 Å². The Kier molecular flexibility index (Phi) is 56.0. The van der Waals surface area contributed by atoms with E-state index in [0.717, 1.165) is 0 Å². The molecular formula is C12H20Ca3O19. The van der Waals surface area contributed by atoms with Crippen LogP contribution in [0.3, 0.4) is 0 Å². The number of aliphatic carboxylic acids is 6. The molecule has 0 fully saturated rings. The van der Waals surface area contributed by atoms with Crippen molar-refractivity contribution in [2.24, 2.45) is 0 Å². The average molecular weight is 589 g/mol. The first-order valence-corrected chi connectivity index (χ1v) is 6.23. The van der Waals surface area contributed by atoms with Crippen molar-refractivity contribution in [3.8, 4) is 0 Å². The molecule has 0 aliphatic heterocycles. The molecule has 0 amide bonds. The van der Waals surface area contributed by atoms with Crippen molar-refractivity contribution in [1.82, 2.24) is 0 Å². The second kappa shape index (κ2) is 29.5. The van der Waals surface area contributed by atoms with Gasteiger partial charge < -0.3 is 97.0 Å². The van der Waals surface area contributed by atoms with Gasteiger partial charge in [-0.3, -0.25) is 0 Å². The Labute approximate surface area is 279 Å². The van der Waals surface area contributed by atoms with Crippen molar-refractivity contribution in [2.75, 3.05) is 0 Å². The van der Waals surface area contributed by atoms with Gasteiger partial charge in [-0.25, -0.2) is 0 Å². The molecule has 0 aliphatic carbocycles. The fraction of sp³-hybridized carbons (Fsp3) is 0.500. The fourth-order valence-corrected chi connectivity index (χ4v) is 1.37. The minimum atomic E-state index is -2.97. The summed E-state index contributed by atoms with van der Waals surface area (Å²) in [4.78, 5) is 60.0. The number of hydrogen-bond acceptors (Lipinski definition) is 14. The molecule has 22 heteroatoms. The first-order chi connectivity index (χ1) is 11.6. The quantitative estimate of drug-likeness (QED) is 0.224. The van der Waals surface area contributed by atoms with E-state index >= 15 is 0 Å². The van der Waals surface area contributed by atoms with Crippen LogP contribution in [0.2, 0.25) is 0 Å². The third kappa shape index (κ3) is 30.4. The van der Waals surface area contributed by atoms with E-state index in [1.54, 1.807) is 0 Å². The minimum absolute atomic E-state index is 0. The molecule has 12 N–H and O–H groups in total. The summed E-state index contributed by atoms with van der Waals surface area (Å²) in [6, 6.07) is 0. The molecule has 19 nitrogen and oxygen atoms in total. The topological polar surface area (TPSA) is 439 Å². The van der Waals surface area contributed by atoms with Gasteiger partial charge >= 0.3 is 113 Å². The van der Waals surface area contributed by atoms with Gasteiger partial charge in [0.2, 0.25) is 0 Å². The van der Waals surface area contributed by atoms with E-state index in [0.29, 0.717) is 0 Å². The number of carboxylic acids is 6. The fourth-order valence-electron chi connectivity index (χ4n) is 1.37. The predicted octanol–water partition coefficient (Wildman–Crippen LogP) is -15.8. The average Bonchev–Trinajstić information content (AvgIpc) is 2.34. The van der Waals surface area contributed by atoms with Gasteiger partial charge in [0.1, 0.15) is 11.2 Å². The maximum atomic E-state index is 10.1. The van der Waals surface area contributed by atoms with Crippen LogP contribution < -0.4 is 30.6 Å². The number of rotatable bonds is 10. The molecule has 0 saturated heterocycles. The first kappa shape index (κ1) is 64.4. The van der Waals surface area contributed by atoms with Crippen LogP contribution in [-0.4, -0.2) is 198 Å². The van der Waals surface area contributed by atoms with Crippen LogP contribution in [0.15, 0.2) is 0 Å². The maximum Gasteiger partial charge on any atom is 2.00 e. The number of aliphatic hydroxyl groups is 2. The Morgan fingerprint density at radius 2 is 0.559 bits per heavy atom. The van der Waals surface area contributed by atoms with E-state index in [-0.39, 0.29) is 141 Å². The van der Waals surface area contributed by atoms with Crippen LogP contribution in [0.1, 0.15) is 25.7 Å². The van der Waals surface area contributed by atoms with E-state index in [9.17, 15) is 59.4 Å². The van der Waals surface area contributed by atoms with Crippen molar-refractivity contribution < 1.29 is 97.0 Å². The molecule has 0 unspecified atom stereocenters. The number of hydrogen-bond donors (Lipinski definition) is 2. The summed E-state index contributed by atoms with van der Waals surface area (Å²) in [7, 11) is 0. The molecule has 0 saturated carbocycles. The van der Waals surface area contributed by atoms with E-state index < -0.39 is 72.7 Å². The Bertz CT molecular complexity index is 525. The first-order valence-electron chi connectivity index (χ1n) is 6.23. The van der Waals surface area contributed by atoms with Gasteiger partial charge in [-0.1, -0.05) is 0 Å². The summed E-state index contributed by atoms with van der Waals surface area (Å²) in [6.07, 6.45) is -5.43. The van der Waals surface area contributed by atoms with Gasteiger partial charge in [-0.2, -0.15) is 0 Å². The van der Waals surface area contributed by atoms with E-state index in [1.165, 1.54) is 0 Å². The van der Waals surface area contributed by atoms with Crippen molar-refractivity contribution in [3.05, 3.63) is 0 Å². The molecule has 0 aliphatic rings. The van der Waals surface area contributed by atoms with Gasteiger partial charge in [0.05, 0.1) is 11.9 Å². The summed E-state index contributed by atoms with van der Waals surface area (Å²) >= 11 is 0. The molecular weight excluding hydrogens is 568 g/mol. The van der Waals surface area contributed by atoms with Crippen molar-refractivity contribution in [2.45, 2.75) is 36.9 Å². The van der Waals surface area contributed by atoms with Crippen molar-refractivity contribution >= 4 is 149 Å². The van der Waals surface area contributed by atoms with E-state index in [4.69, 9.17) is 10.2 Å². The molecule has 0 bridgehead atoms. The largest absolute Gasteiger partial charge is 2.00 e. The zero-order chi connectivity index (χ0) is 21.3. The molecule has 0 aromatic rings. The molecule has 34 heavy (non-hydrogen) atoms. The van der Waals surface area contributed by atoms with Gasteiger partial charge in [0.15, 0.2) is 0 Å². The minimum Gasteiger partial charge on any atom is -0.550 e. The van der Waals surface area contributed by atoms with Crippen molar-refractivity contribution in [3.63, 3.8) is 0 Å². The van der Waals surface area contributed by atoms with Crippen molar-refractivity contribution in [1.29, 1.82) is 0 Å². The van der Waals surface area contributed by atoms with E-state index in [1.807, 2.05) is 0 Å². The summed E-state index contributed by atoms with van der Waals surface area (Å²) < 4.78 is 0. The number of carbonyl (C=O) groups excluding carboxylic acids is 6. The summed E-state index contributed by atoms with van der Waals surface area (Å²) in [5, 5.41) is 77.9. The maximum absolute atomic E-state index is 10.1. The molecule has 0 spiro atoms. The molecule has 0 rings (SSSR count). The Hall–Kier alpha value is 0.319. The molecule has 0 radical (unpaired) electrons. The van der Waals surface area contributed by atoms with Gasteiger partial charge in [-0.05, 0) is 0 Å². The standard InChI is InChI=1S/2C6H8O7.3Ca.5H2O/c2*7-3(8)1-6(13,5(11)12)2-4(9)10;;;;;;;;/h2*13H,1-2H2,(H,7,8)(H,9,10)(H,11,12);;;;5*1H2/q;;3*+2;;;;;/p-6. The molecule has 188 valence electrons. The normalized spacial score (nSPS) is 8.29. The van der Waals surface area contributed by atoms with Gasteiger partial charge in [-0.15, -0.1) is 0 Å². The third-order valence-corrected chi connectivity index (χ3v) is 2.51. The van der Waals surface area contributed by atoms with Gasteiger partial charge in [0.25, 0.3) is 0 Å². The molecule has 0 atom stereocenters. The summed E-state index contributed by atoms with van der Waals surface area (Å²) in [5.74, 6) is -12.0. The van der Waals surface area contributed by atoms with Crippen LogP contribution in [-0.2, 0) is 28.8 Å². The monoisotopic (exact) mass is 588 g/mol. The zero-order valence-electron chi connectivity index (χ0n) is 17.2. The Balaban J connectivity index is -0.0000000343. The number of carbonyl (C=O) groups is 6. The van der Waals surface area contributed by atoms with Crippen LogP contribution >= 0.6 is 0 Å². The van der Waals surface area contributed by atoms with Gasteiger partial charge in [0, 0.05) is 49.6 Å². The summed E-state index contributed by atoms with van der Waals surface area (Å²) in [5.41, 5.74) is -5.95. The zero-order valence-corrected chi connectivity index (χ0v) is 23.9. The third-order valence-electron chi connectivity index (χ3n) is 2.51. The molecule has 0 aromatic carbocycles. The SMILES string of the molecule is O.O.O.O.O.O=C([O-])CC(O)(CC(=O)[O-])C(=O)[O-].O=C([O-])CC(O)(CC(=O)[O-])C(=O)[O-].[Ca+2].[Ca+2].[Ca+2]. The second-order valence-corrected chi connectivity index (χ2v) is 4.83.